The van der Waals surface area contributed by atoms with Crippen molar-refractivity contribution in [3.05, 3.63) is 69.8 Å². The highest BCUT2D eigenvalue weighted by molar-refractivity contribution is 7.17. The summed E-state index contributed by atoms with van der Waals surface area (Å²) in [5, 5.41) is 4.05. The number of hydrogen-bond donors (Lipinski definition) is 1. The van der Waals surface area contributed by atoms with Crippen molar-refractivity contribution >= 4 is 34.8 Å². The van der Waals surface area contributed by atoms with Crippen molar-refractivity contribution in [2.45, 2.75) is 39.3 Å². The second-order valence-electron chi connectivity index (χ2n) is 6.94. The fourth-order valence-electron chi connectivity index (χ4n) is 2.90. The molecule has 156 valence electrons. The van der Waals surface area contributed by atoms with Crippen LogP contribution in [0.2, 0.25) is 5.02 Å². The van der Waals surface area contributed by atoms with Crippen molar-refractivity contribution in [2.75, 3.05) is 0 Å². The van der Waals surface area contributed by atoms with Crippen molar-refractivity contribution in [1.82, 2.24) is 15.3 Å². The van der Waals surface area contributed by atoms with Gasteiger partial charge < -0.3 is 10.1 Å². The third-order valence-electron chi connectivity index (χ3n) is 4.21. The van der Waals surface area contributed by atoms with Crippen LogP contribution in [0.1, 0.15) is 47.2 Å². The Morgan fingerprint density at radius 2 is 1.90 bits per heavy atom. The molecule has 3 aromatic rings. The van der Waals surface area contributed by atoms with E-state index < -0.39 is 12.0 Å². The fraction of sp³-hybridized carbons (Fsp3) is 0.273. The second kappa shape index (κ2) is 9.82. The molecule has 0 saturated carbocycles. The zero-order valence-corrected chi connectivity index (χ0v) is 18.5. The third kappa shape index (κ3) is 5.43. The monoisotopic (exact) mass is 443 g/mol. The zero-order chi connectivity index (χ0) is 21.7. The number of halogens is 1. The molecule has 1 N–H and O–H groups in total. The van der Waals surface area contributed by atoms with E-state index in [1.54, 1.807) is 45.2 Å². The number of amides is 1. The number of carbonyl (C=O) groups is 2. The van der Waals surface area contributed by atoms with Crippen LogP contribution < -0.4 is 5.32 Å². The van der Waals surface area contributed by atoms with E-state index in [0.29, 0.717) is 31.9 Å². The molecule has 1 atom stereocenters. The first-order valence-corrected chi connectivity index (χ1v) is 10.7. The molecule has 0 saturated heterocycles. The standard InChI is InChI=1S/C22H22ClN3O3S/c1-13(2)29-19(27)12-18(15-8-4-5-9-16(15)23)26-21(28)20-14(3)25-22(30-20)17-10-6-7-11-24-17/h4-11,13,18H,12H2,1-3H3,(H,26,28). The summed E-state index contributed by atoms with van der Waals surface area (Å²) in [5.41, 5.74) is 1.95. The summed E-state index contributed by atoms with van der Waals surface area (Å²) in [5.74, 6) is -0.736. The van der Waals surface area contributed by atoms with Gasteiger partial charge in [0.1, 0.15) is 9.88 Å². The third-order valence-corrected chi connectivity index (χ3v) is 5.73. The van der Waals surface area contributed by atoms with Gasteiger partial charge in [0.15, 0.2) is 0 Å². The van der Waals surface area contributed by atoms with Gasteiger partial charge in [0.05, 0.1) is 30.0 Å². The highest BCUT2D eigenvalue weighted by atomic mass is 35.5. The minimum Gasteiger partial charge on any atom is -0.463 e. The summed E-state index contributed by atoms with van der Waals surface area (Å²) in [6.07, 6.45) is 1.41. The van der Waals surface area contributed by atoms with E-state index in [-0.39, 0.29) is 18.4 Å². The number of nitrogens with one attached hydrogen (secondary N) is 1. The predicted molar refractivity (Wildman–Crippen MR) is 118 cm³/mol. The Morgan fingerprint density at radius 3 is 2.57 bits per heavy atom. The van der Waals surface area contributed by atoms with Gasteiger partial charge in [-0.05, 0) is 44.5 Å². The van der Waals surface area contributed by atoms with Crippen LogP contribution in [0, 0.1) is 6.92 Å². The molecule has 0 aliphatic carbocycles. The zero-order valence-electron chi connectivity index (χ0n) is 16.9. The number of aromatic nitrogens is 2. The Labute approximate surface area is 184 Å². The number of benzene rings is 1. The van der Waals surface area contributed by atoms with Crippen molar-refractivity contribution in [2.24, 2.45) is 0 Å². The van der Waals surface area contributed by atoms with Gasteiger partial charge in [-0.2, -0.15) is 0 Å². The van der Waals surface area contributed by atoms with E-state index >= 15 is 0 Å². The Morgan fingerprint density at radius 1 is 1.17 bits per heavy atom. The van der Waals surface area contributed by atoms with E-state index in [1.165, 1.54) is 11.3 Å². The molecule has 0 spiro atoms. The number of esters is 1. The Balaban J connectivity index is 1.85. The maximum absolute atomic E-state index is 13.1. The molecule has 0 aliphatic heterocycles. The summed E-state index contributed by atoms with van der Waals surface area (Å²) < 4.78 is 5.26. The van der Waals surface area contributed by atoms with E-state index in [1.807, 2.05) is 24.3 Å². The molecule has 2 heterocycles. The fourth-order valence-corrected chi connectivity index (χ4v) is 4.12. The number of rotatable bonds is 7. The smallest absolute Gasteiger partial charge is 0.308 e. The molecule has 0 fully saturated rings. The summed E-state index contributed by atoms with van der Waals surface area (Å²) in [7, 11) is 0. The van der Waals surface area contributed by atoms with Crippen LogP contribution in [-0.4, -0.2) is 27.9 Å². The van der Waals surface area contributed by atoms with Crippen molar-refractivity contribution in [3.8, 4) is 10.7 Å². The Bertz CT molecular complexity index is 1040. The first kappa shape index (κ1) is 21.9. The van der Waals surface area contributed by atoms with Gasteiger partial charge in [-0.3, -0.25) is 14.6 Å². The first-order chi connectivity index (χ1) is 14.3. The maximum atomic E-state index is 13.1. The SMILES string of the molecule is Cc1nc(-c2ccccn2)sc1C(=O)NC(CC(=O)OC(C)C)c1ccccc1Cl. The normalized spacial score (nSPS) is 11.9. The second-order valence-corrected chi connectivity index (χ2v) is 8.35. The van der Waals surface area contributed by atoms with Crippen LogP contribution >= 0.6 is 22.9 Å². The molecule has 8 heteroatoms. The average Bonchev–Trinajstić information content (AvgIpc) is 3.10. The highest BCUT2D eigenvalue weighted by Crippen LogP contribution is 2.29. The predicted octanol–water partition coefficient (Wildman–Crippen LogP) is 4.98. The molecule has 0 radical (unpaired) electrons. The van der Waals surface area contributed by atoms with Crippen molar-refractivity contribution in [3.63, 3.8) is 0 Å². The topological polar surface area (TPSA) is 81.2 Å². The molecule has 30 heavy (non-hydrogen) atoms. The Hall–Kier alpha value is -2.77. The van der Waals surface area contributed by atoms with E-state index in [4.69, 9.17) is 16.3 Å². The Kier molecular flexibility index (Phi) is 7.18. The quantitative estimate of drug-likeness (QED) is 0.521. The van der Waals surface area contributed by atoms with Crippen molar-refractivity contribution in [1.29, 1.82) is 0 Å². The average molecular weight is 444 g/mol. The van der Waals surface area contributed by atoms with Gasteiger partial charge in [-0.1, -0.05) is 35.9 Å². The number of thiazole rings is 1. The van der Waals surface area contributed by atoms with Gasteiger partial charge in [0.2, 0.25) is 0 Å². The van der Waals surface area contributed by atoms with E-state index in [0.717, 1.165) is 0 Å². The number of carbonyl (C=O) groups excluding carboxylic acids is 2. The lowest BCUT2D eigenvalue weighted by Crippen LogP contribution is -2.31. The van der Waals surface area contributed by atoms with Crippen LogP contribution in [0.5, 0.6) is 0 Å². The highest BCUT2D eigenvalue weighted by Gasteiger charge is 2.25. The molecule has 0 bridgehead atoms. The van der Waals surface area contributed by atoms with Crippen LogP contribution in [0.25, 0.3) is 10.7 Å². The number of aryl methyl sites for hydroxylation is 1. The molecule has 2 aromatic heterocycles. The minimum atomic E-state index is -0.628. The van der Waals surface area contributed by atoms with Gasteiger partial charge in [0.25, 0.3) is 5.91 Å². The molecule has 6 nitrogen and oxygen atoms in total. The summed E-state index contributed by atoms with van der Waals surface area (Å²) in [6, 6.07) is 12.0. The molecule has 3 rings (SSSR count). The number of ether oxygens (including phenoxy) is 1. The summed E-state index contributed by atoms with van der Waals surface area (Å²) in [6.45, 7) is 5.33. The number of pyridine rings is 1. The summed E-state index contributed by atoms with van der Waals surface area (Å²) in [4.78, 5) is 34.6. The van der Waals surface area contributed by atoms with Crippen LogP contribution in [0.4, 0.5) is 0 Å². The molecule has 1 aromatic carbocycles. The van der Waals surface area contributed by atoms with Gasteiger partial charge >= 0.3 is 5.97 Å². The lowest BCUT2D eigenvalue weighted by atomic mass is 10.0. The lowest BCUT2D eigenvalue weighted by Gasteiger charge is -2.20. The number of hydrogen-bond acceptors (Lipinski definition) is 6. The van der Waals surface area contributed by atoms with Crippen molar-refractivity contribution < 1.29 is 14.3 Å². The molecule has 0 aliphatic rings. The van der Waals surface area contributed by atoms with Gasteiger partial charge in [-0.15, -0.1) is 11.3 Å². The van der Waals surface area contributed by atoms with Gasteiger partial charge in [0, 0.05) is 11.2 Å². The number of nitrogens with zero attached hydrogens (tertiary/aromatic N) is 2. The molecular weight excluding hydrogens is 422 g/mol. The van der Waals surface area contributed by atoms with E-state index in [2.05, 4.69) is 15.3 Å². The molecule has 1 unspecified atom stereocenters. The molecular formula is C22H22ClN3O3S. The minimum absolute atomic E-state index is 0.0292. The largest absolute Gasteiger partial charge is 0.463 e. The van der Waals surface area contributed by atoms with Crippen LogP contribution in [0.15, 0.2) is 48.7 Å². The maximum Gasteiger partial charge on any atom is 0.308 e. The summed E-state index contributed by atoms with van der Waals surface area (Å²) >= 11 is 7.59. The van der Waals surface area contributed by atoms with Gasteiger partial charge in [-0.25, -0.2) is 4.98 Å². The van der Waals surface area contributed by atoms with E-state index in [9.17, 15) is 9.59 Å². The van der Waals surface area contributed by atoms with Crippen LogP contribution in [-0.2, 0) is 9.53 Å². The first-order valence-electron chi connectivity index (χ1n) is 9.48. The lowest BCUT2D eigenvalue weighted by molar-refractivity contribution is -0.147. The van der Waals surface area contributed by atoms with Crippen LogP contribution in [0.3, 0.4) is 0 Å². The molecule has 1 amide bonds.